The Morgan fingerprint density at radius 2 is 1.75 bits per heavy atom. The smallest absolute Gasteiger partial charge is 0.289 e. The van der Waals surface area contributed by atoms with Crippen molar-refractivity contribution in [2.45, 2.75) is 0 Å². The molecule has 3 rings (SSSR count). The standard InChI is InChI=1S/C19H16ClN3O4S/c1-26-15-7-6-12(9-16(15)27-2)19-21-14(10-28-19)18(25)23-22-17(24)11-4-3-5-13(20)8-11/h3-10H,1-2H3,(H,22,24)(H,23,25). The lowest BCUT2D eigenvalue weighted by Gasteiger charge is -2.08. The first-order valence-electron chi connectivity index (χ1n) is 8.06. The number of hydrogen-bond acceptors (Lipinski definition) is 6. The van der Waals surface area contributed by atoms with Crippen molar-refractivity contribution in [2.75, 3.05) is 14.2 Å². The zero-order valence-electron chi connectivity index (χ0n) is 15.0. The minimum Gasteiger partial charge on any atom is -0.493 e. The van der Waals surface area contributed by atoms with E-state index in [9.17, 15) is 9.59 Å². The fourth-order valence-corrected chi connectivity index (χ4v) is 3.35. The molecule has 0 aliphatic rings. The van der Waals surface area contributed by atoms with Crippen LogP contribution in [-0.4, -0.2) is 31.0 Å². The van der Waals surface area contributed by atoms with E-state index in [1.54, 1.807) is 49.9 Å². The Hall–Kier alpha value is -3.10. The molecule has 0 aliphatic heterocycles. The van der Waals surface area contributed by atoms with Gasteiger partial charge >= 0.3 is 0 Å². The largest absolute Gasteiger partial charge is 0.493 e. The van der Waals surface area contributed by atoms with E-state index >= 15 is 0 Å². The summed E-state index contributed by atoms with van der Waals surface area (Å²) >= 11 is 7.15. The third-order valence-corrected chi connectivity index (χ3v) is 4.87. The van der Waals surface area contributed by atoms with E-state index < -0.39 is 11.8 Å². The van der Waals surface area contributed by atoms with E-state index in [1.807, 2.05) is 6.07 Å². The Labute approximate surface area is 170 Å². The normalized spacial score (nSPS) is 10.2. The number of benzene rings is 2. The van der Waals surface area contributed by atoms with Crippen LogP contribution in [0.1, 0.15) is 20.8 Å². The van der Waals surface area contributed by atoms with Gasteiger partial charge in [0.15, 0.2) is 11.5 Å². The first kappa shape index (κ1) is 19.7. The number of nitrogens with one attached hydrogen (secondary N) is 2. The van der Waals surface area contributed by atoms with E-state index in [0.29, 0.717) is 27.1 Å². The van der Waals surface area contributed by atoms with Crippen LogP contribution in [0.5, 0.6) is 11.5 Å². The molecule has 1 heterocycles. The predicted octanol–water partition coefficient (Wildman–Crippen LogP) is 3.56. The molecule has 3 aromatic rings. The van der Waals surface area contributed by atoms with Gasteiger partial charge in [0, 0.05) is 21.5 Å². The summed E-state index contributed by atoms with van der Waals surface area (Å²) in [5, 5.41) is 2.66. The first-order valence-corrected chi connectivity index (χ1v) is 9.31. The van der Waals surface area contributed by atoms with Crippen molar-refractivity contribution in [1.82, 2.24) is 15.8 Å². The second kappa shape index (κ2) is 8.73. The number of amides is 2. The maximum Gasteiger partial charge on any atom is 0.289 e. The van der Waals surface area contributed by atoms with Gasteiger partial charge in [-0.2, -0.15) is 0 Å². The van der Waals surface area contributed by atoms with Crippen LogP contribution in [0, 0.1) is 0 Å². The molecule has 0 saturated heterocycles. The van der Waals surface area contributed by atoms with Crippen LogP contribution in [-0.2, 0) is 0 Å². The molecule has 0 bridgehead atoms. The number of halogens is 1. The second-order valence-electron chi connectivity index (χ2n) is 5.53. The molecule has 144 valence electrons. The zero-order chi connectivity index (χ0) is 20.1. The number of ether oxygens (including phenoxy) is 2. The highest BCUT2D eigenvalue weighted by Crippen LogP contribution is 2.33. The Morgan fingerprint density at radius 3 is 2.46 bits per heavy atom. The van der Waals surface area contributed by atoms with E-state index in [0.717, 1.165) is 5.56 Å². The molecule has 2 amide bonds. The average Bonchev–Trinajstić information content (AvgIpc) is 3.21. The van der Waals surface area contributed by atoms with E-state index in [-0.39, 0.29) is 5.69 Å². The molecule has 1 aromatic heterocycles. The van der Waals surface area contributed by atoms with Crippen LogP contribution in [0.2, 0.25) is 5.02 Å². The highest BCUT2D eigenvalue weighted by molar-refractivity contribution is 7.13. The van der Waals surface area contributed by atoms with E-state index in [2.05, 4.69) is 15.8 Å². The summed E-state index contributed by atoms with van der Waals surface area (Å²) in [6.07, 6.45) is 0. The number of rotatable bonds is 5. The van der Waals surface area contributed by atoms with Crippen molar-refractivity contribution >= 4 is 34.8 Å². The maximum absolute atomic E-state index is 12.3. The SMILES string of the molecule is COc1ccc(-c2nc(C(=O)NNC(=O)c3cccc(Cl)c3)cs2)cc1OC. The summed E-state index contributed by atoms with van der Waals surface area (Å²) < 4.78 is 10.5. The minimum absolute atomic E-state index is 0.182. The quantitative estimate of drug-likeness (QED) is 0.619. The molecule has 0 saturated carbocycles. The average molecular weight is 418 g/mol. The number of aromatic nitrogens is 1. The third kappa shape index (κ3) is 4.41. The van der Waals surface area contributed by atoms with Crippen molar-refractivity contribution in [3.8, 4) is 22.1 Å². The Morgan fingerprint density at radius 1 is 1.00 bits per heavy atom. The van der Waals surface area contributed by atoms with Crippen molar-refractivity contribution in [2.24, 2.45) is 0 Å². The fourth-order valence-electron chi connectivity index (χ4n) is 2.36. The molecule has 2 aromatic carbocycles. The minimum atomic E-state index is -0.529. The molecule has 0 radical (unpaired) electrons. The summed E-state index contributed by atoms with van der Waals surface area (Å²) in [6.45, 7) is 0. The summed E-state index contributed by atoms with van der Waals surface area (Å²) in [5.41, 5.74) is 5.97. The lowest BCUT2D eigenvalue weighted by molar-refractivity contribution is 0.0844. The summed E-state index contributed by atoms with van der Waals surface area (Å²) in [4.78, 5) is 28.6. The van der Waals surface area contributed by atoms with Crippen LogP contribution in [0.25, 0.3) is 10.6 Å². The van der Waals surface area contributed by atoms with Crippen LogP contribution in [0.4, 0.5) is 0 Å². The van der Waals surface area contributed by atoms with Gasteiger partial charge in [-0.25, -0.2) is 4.98 Å². The number of methoxy groups -OCH3 is 2. The van der Waals surface area contributed by atoms with Gasteiger partial charge in [0.1, 0.15) is 10.7 Å². The number of nitrogens with zero attached hydrogens (tertiary/aromatic N) is 1. The zero-order valence-corrected chi connectivity index (χ0v) is 16.6. The van der Waals surface area contributed by atoms with Gasteiger partial charge in [0.25, 0.3) is 11.8 Å². The van der Waals surface area contributed by atoms with Crippen molar-refractivity contribution in [3.05, 3.63) is 64.1 Å². The molecular weight excluding hydrogens is 402 g/mol. The number of carbonyl (C=O) groups excluding carboxylic acids is 2. The summed E-state index contributed by atoms with van der Waals surface area (Å²) in [6, 6.07) is 11.8. The molecular formula is C19H16ClN3O4S. The van der Waals surface area contributed by atoms with Crippen molar-refractivity contribution in [3.63, 3.8) is 0 Å². The Balaban J connectivity index is 1.68. The lowest BCUT2D eigenvalue weighted by atomic mass is 10.2. The number of thiazole rings is 1. The summed E-state index contributed by atoms with van der Waals surface area (Å²) in [5.74, 6) is 0.157. The van der Waals surface area contributed by atoms with Gasteiger partial charge < -0.3 is 9.47 Å². The van der Waals surface area contributed by atoms with Gasteiger partial charge in [-0.15, -0.1) is 11.3 Å². The molecule has 0 unspecified atom stereocenters. The monoisotopic (exact) mass is 417 g/mol. The second-order valence-corrected chi connectivity index (χ2v) is 6.82. The highest BCUT2D eigenvalue weighted by atomic mass is 35.5. The highest BCUT2D eigenvalue weighted by Gasteiger charge is 2.15. The number of carbonyl (C=O) groups is 2. The van der Waals surface area contributed by atoms with E-state index in [1.165, 1.54) is 17.4 Å². The van der Waals surface area contributed by atoms with Gasteiger partial charge in [-0.05, 0) is 36.4 Å². The van der Waals surface area contributed by atoms with Crippen LogP contribution < -0.4 is 20.3 Å². The van der Waals surface area contributed by atoms with Crippen LogP contribution >= 0.6 is 22.9 Å². The molecule has 28 heavy (non-hydrogen) atoms. The van der Waals surface area contributed by atoms with Crippen LogP contribution in [0.15, 0.2) is 47.8 Å². The van der Waals surface area contributed by atoms with Gasteiger partial charge in [-0.3, -0.25) is 20.4 Å². The third-order valence-electron chi connectivity index (χ3n) is 3.74. The topological polar surface area (TPSA) is 89.5 Å². The molecule has 0 fully saturated rings. The van der Waals surface area contributed by atoms with E-state index in [4.69, 9.17) is 21.1 Å². The Kier molecular flexibility index (Phi) is 6.13. The summed E-state index contributed by atoms with van der Waals surface area (Å²) in [7, 11) is 3.10. The molecule has 0 aliphatic carbocycles. The fraction of sp³-hybridized carbons (Fsp3) is 0.105. The number of hydrogen-bond donors (Lipinski definition) is 2. The first-order chi connectivity index (χ1) is 13.5. The van der Waals surface area contributed by atoms with Crippen molar-refractivity contribution < 1.29 is 19.1 Å². The predicted molar refractivity (Wildman–Crippen MR) is 107 cm³/mol. The Bertz CT molecular complexity index is 1020. The van der Waals surface area contributed by atoms with Gasteiger partial charge in [0.05, 0.1) is 14.2 Å². The molecule has 7 nitrogen and oxygen atoms in total. The number of hydrazine groups is 1. The van der Waals surface area contributed by atoms with Crippen LogP contribution in [0.3, 0.4) is 0 Å². The van der Waals surface area contributed by atoms with Gasteiger partial charge in [0.2, 0.25) is 0 Å². The molecule has 9 heteroatoms. The van der Waals surface area contributed by atoms with Crippen molar-refractivity contribution in [1.29, 1.82) is 0 Å². The van der Waals surface area contributed by atoms with Gasteiger partial charge in [-0.1, -0.05) is 17.7 Å². The maximum atomic E-state index is 12.3. The molecule has 2 N–H and O–H groups in total. The lowest BCUT2D eigenvalue weighted by Crippen LogP contribution is -2.41. The molecule has 0 spiro atoms. The molecule has 0 atom stereocenters.